The zero-order chi connectivity index (χ0) is 22.3. The van der Waals surface area contributed by atoms with Crippen molar-refractivity contribution >= 4 is 35.1 Å². The van der Waals surface area contributed by atoms with Crippen LogP contribution in [0.5, 0.6) is 5.75 Å². The summed E-state index contributed by atoms with van der Waals surface area (Å²) in [6.45, 7) is 0.132. The third-order valence-corrected chi connectivity index (χ3v) is 3.98. The Morgan fingerprint density at radius 3 is 1.43 bits per heavy atom. The van der Waals surface area contributed by atoms with Crippen molar-refractivity contribution in [2.45, 2.75) is 19.4 Å². The second kappa shape index (κ2) is 9.87. The molecular weight excluding hydrogens is 396 g/mol. The van der Waals surface area contributed by atoms with Gasteiger partial charge in [-0.1, -0.05) is 24.3 Å². The number of carbonyl (C=O) groups excluding carboxylic acids is 4. The molecule has 30 heavy (non-hydrogen) atoms. The normalized spacial score (nSPS) is 10.1. The lowest BCUT2D eigenvalue weighted by Crippen LogP contribution is -2.17. The van der Waals surface area contributed by atoms with Crippen LogP contribution in [0.1, 0.15) is 39.1 Å². The summed E-state index contributed by atoms with van der Waals surface area (Å²) in [5.41, 5.74) is 1.08. The molecule has 0 aromatic heterocycles. The van der Waals surface area contributed by atoms with Crippen molar-refractivity contribution in [2.24, 2.45) is 0 Å². The first kappa shape index (κ1) is 22.2. The Bertz CT molecular complexity index is 918. The number of carbonyl (C=O) groups is 6. The van der Waals surface area contributed by atoms with E-state index < -0.39 is 47.9 Å². The molecule has 2 aromatic carbocycles. The molecule has 0 atom stereocenters. The number of rotatable bonds is 11. The van der Waals surface area contributed by atoms with Crippen LogP contribution in [0.2, 0.25) is 0 Å². The predicted octanol–water partition coefficient (Wildman–Crippen LogP) is 1.72. The molecular formula is C21H16O9. The highest BCUT2D eigenvalue weighted by Crippen LogP contribution is 2.16. The summed E-state index contributed by atoms with van der Waals surface area (Å²) in [6, 6.07) is 11.9. The van der Waals surface area contributed by atoms with Gasteiger partial charge in [-0.3, -0.25) is 19.2 Å². The molecule has 9 nitrogen and oxygen atoms in total. The molecule has 9 heteroatoms. The first-order valence-electron chi connectivity index (χ1n) is 8.58. The summed E-state index contributed by atoms with van der Waals surface area (Å²) in [5.74, 6) is -6.48. The Balaban J connectivity index is 1.91. The van der Waals surface area contributed by atoms with Crippen LogP contribution in [-0.4, -0.2) is 45.3 Å². The van der Waals surface area contributed by atoms with E-state index in [0.717, 1.165) is 0 Å². The van der Waals surface area contributed by atoms with Gasteiger partial charge in [-0.05, 0) is 29.8 Å². The van der Waals surface area contributed by atoms with Gasteiger partial charge in [0.2, 0.25) is 11.6 Å². The third kappa shape index (κ3) is 6.20. The van der Waals surface area contributed by atoms with Crippen LogP contribution < -0.4 is 4.74 Å². The van der Waals surface area contributed by atoms with Gasteiger partial charge in [0, 0.05) is 11.1 Å². The average molecular weight is 412 g/mol. The molecule has 0 spiro atoms. The Hall–Kier alpha value is -4.14. The van der Waals surface area contributed by atoms with E-state index in [4.69, 9.17) is 14.9 Å². The fourth-order valence-electron chi connectivity index (χ4n) is 2.34. The molecule has 0 radical (unpaired) electrons. The van der Waals surface area contributed by atoms with Gasteiger partial charge >= 0.3 is 11.9 Å². The highest BCUT2D eigenvalue weighted by molar-refractivity contribution is 6.37. The lowest BCUT2D eigenvalue weighted by Gasteiger charge is -2.08. The Morgan fingerprint density at radius 1 is 0.633 bits per heavy atom. The maximum absolute atomic E-state index is 11.8. The SMILES string of the molecule is O=C(O)C(=O)CC(=O)c1ccc(COc2ccc(C(=O)CC(=O)C(=O)O)cc2)cc1. The van der Waals surface area contributed by atoms with E-state index in [2.05, 4.69) is 0 Å². The summed E-state index contributed by atoms with van der Waals surface area (Å²) >= 11 is 0. The summed E-state index contributed by atoms with van der Waals surface area (Å²) in [5, 5.41) is 17.1. The Morgan fingerprint density at radius 2 is 1.03 bits per heavy atom. The van der Waals surface area contributed by atoms with Crippen LogP contribution in [0.3, 0.4) is 0 Å². The van der Waals surface area contributed by atoms with Gasteiger partial charge in [-0.25, -0.2) is 9.59 Å². The van der Waals surface area contributed by atoms with Crippen molar-refractivity contribution in [3.8, 4) is 5.75 Å². The summed E-state index contributed by atoms with van der Waals surface area (Å²) < 4.78 is 5.55. The van der Waals surface area contributed by atoms with E-state index in [1.165, 1.54) is 36.4 Å². The van der Waals surface area contributed by atoms with Crippen LogP contribution in [-0.2, 0) is 25.8 Å². The molecule has 0 saturated carbocycles. The summed E-state index contributed by atoms with van der Waals surface area (Å²) in [6.07, 6.45) is -1.44. The van der Waals surface area contributed by atoms with E-state index in [0.29, 0.717) is 11.3 Å². The number of Topliss-reactive ketones (excluding diaryl/α,β-unsaturated/α-hetero) is 4. The molecule has 154 valence electrons. The van der Waals surface area contributed by atoms with Gasteiger partial charge in [0.15, 0.2) is 11.6 Å². The number of aliphatic carboxylic acids is 2. The largest absolute Gasteiger partial charge is 0.489 e. The maximum Gasteiger partial charge on any atom is 0.372 e. The number of hydrogen-bond donors (Lipinski definition) is 2. The molecule has 0 aliphatic heterocycles. The predicted molar refractivity (Wildman–Crippen MR) is 100 cm³/mol. The van der Waals surface area contributed by atoms with Crippen LogP contribution in [0.25, 0.3) is 0 Å². The topological polar surface area (TPSA) is 152 Å². The van der Waals surface area contributed by atoms with Crippen LogP contribution in [0.15, 0.2) is 48.5 Å². The van der Waals surface area contributed by atoms with Gasteiger partial charge < -0.3 is 14.9 Å². The van der Waals surface area contributed by atoms with Crippen molar-refractivity contribution in [1.29, 1.82) is 0 Å². The van der Waals surface area contributed by atoms with Gasteiger partial charge in [0.25, 0.3) is 0 Å². The molecule has 0 aliphatic carbocycles. The van der Waals surface area contributed by atoms with Crippen molar-refractivity contribution in [3.63, 3.8) is 0 Å². The first-order valence-corrected chi connectivity index (χ1v) is 8.58. The first-order chi connectivity index (χ1) is 14.2. The van der Waals surface area contributed by atoms with E-state index in [1.807, 2.05) is 0 Å². The number of benzene rings is 2. The third-order valence-electron chi connectivity index (χ3n) is 3.98. The molecule has 0 amide bonds. The summed E-state index contributed by atoms with van der Waals surface area (Å²) in [4.78, 5) is 66.9. The van der Waals surface area contributed by atoms with Crippen molar-refractivity contribution in [2.75, 3.05) is 0 Å². The maximum atomic E-state index is 11.8. The molecule has 0 unspecified atom stereocenters. The van der Waals surface area contributed by atoms with Gasteiger partial charge in [0.1, 0.15) is 12.4 Å². The monoisotopic (exact) mass is 412 g/mol. The van der Waals surface area contributed by atoms with Crippen molar-refractivity contribution in [1.82, 2.24) is 0 Å². The highest BCUT2D eigenvalue weighted by atomic mass is 16.5. The van der Waals surface area contributed by atoms with E-state index in [9.17, 15) is 28.8 Å². The molecule has 2 N–H and O–H groups in total. The Kier molecular flexibility index (Phi) is 7.29. The van der Waals surface area contributed by atoms with E-state index >= 15 is 0 Å². The lowest BCUT2D eigenvalue weighted by atomic mass is 10.0. The molecule has 0 saturated heterocycles. The molecule has 2 rings (SSSR count). The molecule has 0 bridgehead atoms. The second-order valence-electron chi connectivity index (χ2n) is 6.17. The van der Waals surface area contributed by atoms with Crippen molar-refractivity contribution in [3.05, 3.63) is 65.2 Å². The number of carboxylic acid groups (broad SMARTS) is 2. The van der Waals surface area contributed by atoms with E-state index in [1.54, 1.807) is 12.1 Å². The van der Waals surface area contributed by atoms with Crippen LogP contribution >= 0.6 is 0 Å². The highest BCUT2D eigenvalue weighted by Gasteiger charge is 2.18. The minimum Gasteiger partial charge on any atom is -0.489 e. The quantitative estimate of drug-likeness (QED) is 0.319. The van der Waals surface area contributed by atoms with Gasteiger partial charge in [-0.15, -0.1) is 0 Å². The average Bonchev–Trinajstić information content (AvgIpc) is 2.72. The standard InChI is InChI=1S/C21H16O9/c22-16(9-18(24)20(26)27)13-3-1-12(2-4-13)11-30-15-7-5-14(6-8-15)17(23)10-19(25)21(28)29/h1-8H,9-11H2,(H,26,27)(H,28,29). The number of carboxylic acids is 2. The van der Waals surface area contributed by atoms with Crippen molar-refractivity contribution < 1.29 is 43.7 Å². The zero-order valence-electron chi connectivity index (χ0n) is 15.5. The lowest BCUT2D eigenvalue weighted by molar-refractivity contribution is -0.148. The molecule has 0 fully saturated rings. The summed E-state index contributed by atoms with van der Waals surface area (Å²) in [7, 11) is 0. The number of hydrogen-bond acceptors (Lipinski definition) is 7. The second-order valence-corrected chi connectivity index (χ2v) is 6.17. The zero-order valence-corrected chi connectivity index (χ0v) is 15.5. The number of ketones is 4. The van der Waals surface area contributed by atoms with Gasteiger partial charge in [-0.2, -0.15) is 0 Å². The molecule has 2 aromatic rings. The minimum atomic E-state index is -1.66. The number of ether oxygens (including phenoxy) is 1. The fraction of sp³-hybridized carbons (Fsp3) is 0.143. The smallest absolute Gasteiger partial charge is 0.372 e. The van der Waals surface area contributed by atoms with Crippen LogP contribution in [0, 0.1) is 0 Å². The van der Waals surface area contributed by atoms with E-state index in [-0.39, 0.29) is 17.7 Å². The van der Waals surface area contributed by atoms with Crippen LogP contribution in [0.4, 0.5) is 0 Å². The van der Waals surface area contributed by atoms with Gasteiger partial charge in [0.05, 0.1) is 12.8 Å². The fourth-order valence-corrected chi connectivity index (χ4v) is 2.34. The Labute approximate surface area is 169 Å². The molecule has 0 aliphatic rings. The minimum absolute atomic E-state index is 0.132. The molecule has 0 heterocycles.